The number of nitrogens with one attached hydrogen (secondary N) is 2. The molecule has 1 amide bonds. The van der Waals surface area contributed by atoms with Gasteiger partial charge in [0.15, 0.2) is 0 Å². The van der Waals surface area contributed by atoms with Gasteiger partial charge in [-0.2, -0.15) is 5.10 Å². The number of carbonyl (C=O) groups excluding carboxylic acids is 1. The van der Waals surface area contributed by atoms with E-state index in [1.807, 2.05) is 19.2 Å². The summed E-state index contributed by atoms with van der Waals surface area (Å²) in [5.41, 5.74) is 4.14. The van der Waals surface area contributed by atoms with Crippen LogP contribution in [0.5, 0.6) is 0 Å². The molecule has 9 heteroatoms. The Bertz CT molecular complexity index is 1260. The van der Waals surface area contributed by atoms with Crippen molar-refractivity contribution in [2.45, 2.75) is 19.7 Å². The molecule has 1 aromatic carbocycles. The Kier molecular flexibility index (Phi) is 4.48. The third-order valence-corrected chi connectivity index (χ3v) is 6.05. The highest BCUT2D eigenvalue weighted by atomic mass is 32.1. The first kappa shape index (κ1) is 18.7. The maximum absolute atomic E-state index is 13.2. The van der Waals surface area contributed by atoms with Gasteiger partial charge in [-0.3, -0.25) is 4.79 Å². The summed E-state index contributed by atoms with van der Waals surface area (Å²) >= 11 is 1.37. The number of thiophene rings is 1. The number of rotatable bonds is 4. The van der Waals surface area contributed by atoms with Crippen LogP contribution in [0.15, 0.2) is 42.7 Å². The SMILES string of the molecule is COCc1cc(C)nc2sc3c(c12)N[C@@H](c1cnn(-c2ccc(F)cc2)c1)NC3=O. The first-order valence-corrected chi connectivity index (χ1v) is 10.1. The number of halogens is 1. The number of fused-ring (bicyclic) bond motifs is 3. The Morgan fingerprint density at radius 1 is 1.27 bits per heavy atom. The second kappa shape index (κ2) is 7.19. The smallest absolute Gasteiger partial charge is 0.265 e. The van der Waals surface area contributed by atoms with Crippen molar-refractivity contribution in [2.75, 3.05) is 12.4 Å². The van der Waals surface area contributed by atoms with Gasteiger partial charge in [0.1, 0.15) is 21.7 Å². The lowest BCUT2D eigenvalue weighted by atomic mass is 10.1. The second-order valence-electron chi connectivity index (χ2n) is 7.09. The molecule has 30 heavy (non-hydrogen) atoms. The van der Waals surface area contributed by atoms with E-state index in [0.29, 0.717) is 11.5 Å². The average Bonchev–Trinajstić information content (AvgIpc) is 3.34. The molecule has 0 fully saturated rings. The summed E-state index contributed by atoms with van der Waals surface area (Å²) in [6, 6.07) is 8.04. The summed E-state index contributed by atoms with van der Waals surface area (Å²) in [7, 11) is 1.65. The van der Waals surface area contributed by atoms with Gasteiger partial charge >= 0.3 is 0 Å². The molecule has 1 aliphatic heterocycles. The molecule has 7 nitrogen and oxygen atoms in total. The standard InChI is InChI=1S/C21H18FN5O2S/c1-11-7-12(10-29-2)16-17-18(30-21(16)24-11)20(28)26-19(25-17)13-8-23-27(9-13)15-5-3-14(22)4-6-15/h3-9,19,25H,10H2,1-2H3,(H,26,28)/t19-/m1/s1. The molecule has 0 aliphatic carbocycles. The lowest BCUT2D eigenvalue weighted by Crippen LogP contribution is -2.37. The average molecular weight is 423 g/mol. The van der Waals surface area contributed by atoms with Crippen LogP contribution in [0.25, 0.3) is 15.9 Å². The van der Waals surface area contributed by atoms with Gasteiger partial charge in [0.05, 0.1) is 24.2 Å². The van der Waals surface area contributed by atoms with Crippen LogP contribution in [-0.4, -0.2) is 27.8 Å². The van der Waals surface area contributed by atoms with Gasteiger partial charge in [-0.1, -0.05) is 0 Å². The number of benzene rings is 1. The molecule has 2 N–H and O–H groups in total. The van der Waals surface area contributed by atoms with Crippen molar-refractivity contribution in [3.05, 3.63) is 70.2 Å². The Labute approximate surface area is 175 Å². The van der Waals surface area contributed by atoms with Crippen LogP contribution < -0.4 is 10.6 Å². The van der Waals surface area contributed by atoms with E-state index in [1.54, 1.807) is 30.1 Å². The van der Waals surface area contributed by atoms with Crippen LogP contribution >= 0.6 is 11.3 Å². The van der Waals surface area contributed by atoms with Crippen molar-refractivity contribution < 1.29 is 13.9 Å². The number of ether oxygens (including phenoxy) is 1. The largest absolute Gasteiger partial charge is 0.380 e. The van der Waals surface area contributed by atoms with Crippen molar-refractivity contribution >= 4 is 33.1 Å². The van der Waals surface area contributed by atoms with E-state index in [0.717, 1.165) is 38.4 Å². The van der Waals surface area contributed by atoms with Crippen LogP contribution in [0.4, 0.5) is 10.1 Å². The Morgan fingerprint density at radius 3 is 2.83 bits per heavy atom. The minimum Gasteiger partial charge on any atom is -0.380 e. The summed E-state index contributed by atoms with van der Waals surface area (Å²) in [4.78, 5) is 18.8. The van der Waals surface area contributed by atoms with Crippen molar-refractivity contribution in [1.29, 1.82) is 0 Å². The minimum absolute atomic E-state index is 0.160. The van der Waals surface area contributed by atoms with Crippen molar-refractivity contribution in [3.63, 3.8) is 0 Å². The predicted octanol–water partition coefficient (Wildman–Crippen LogP) is 3.93. The van der Waals surface area contributed by atoms with Crippen LogP contribution in [0.1, 0.15) is 32.7 Å². The topological polar surface area (TPSA) is 81.1 Å². The van der Waals surface area contributed by atoms with E-state index in [4.69, 9.17) is 4.74 Å². The van der Waals surface area contributed by atoms with Crippen LogP contribution in [-0.2, 0) is 11.3 Å². The molecule has 1 aliphatic rings. The number of aryl methyl sites for hydroxylation is 1. The second-order valence-corrected chi connectivity index (χ2v) is 8.09. The zero-order valence-electron chi connectivity index (χ0n) is 16.3. The highest BCUT2D eigenvalue weighted by molar-refractivity contribution is 7.21. The molecule has 0 saturated carbocycles. The molecule has 4 aromatic rings. The molecule has 5 rings (SSSR count). The van der Waals surface area contributed by atoms with Gasteiger partial charge < -0.3 is 15.4 Å². The highest BCUT2D eigenvalue weighted by Gasteiger charge is 2.31. The summed E-state index contributed by atoms with van der Waals surface area (Å²) in [6.45, 7) is 2.36. The number of anilines is 1. The van der Waals surface area contributed by atoms with Crippen molar-refractivity contribution in [3.8, 4) is 5.69 Å². The fourth-order valence-electron chi connectivity index (χ4n) is 3.64. The number of aromatic nitrogens is 3. The summed E-state index contributed by atoms with van der Waals surface area (Å²) in [6.07, 6.45) is 3.04. The number of pyridine rings is 1. The maximum Gasteiger partial charge on any atom is 0.265 e. The molecule has 0 saturated heterocycles. The fourth-order valence-corrected chi connectivity index (χ4v) is 4.78. The van der Waals surface area contributed by atoms with E-state index in [9.17, 15) is 9.18 Å². The van der Waals surface area contributed by atoms with Gasteiger partial charge in [-0.05, 0) is 42.8 Å². The number of nitrogens with zero attached hydrogens (tertiary/aromatic N) is 3. The Hall–Kier alpha value is -3.30. The third kappa shape index (κ3) is 3.12. The van der Waals surface area contributed by atoms with Gasteiger partial charge in [-0.15, -0.1) is 11.3 Å². The van der Waals surface area contributed by atoms with Crippen LogP contribution in [0.2, 0.25) is 0 Å². The molecular formula is C21H18FN5O2S. The van der Waals surface area contributed by atoms with Gasteiger partial charge in [-0.25, -0.2) is 14.1 Å². The molecule has 1 atom stereocenters. The molecule has 3 aromatic heterocycles. The zero-order chi connectivity index (χ0) is 20.8. The fraction of sp³-hybridized carbons (Fsp3) is 0.190. The van der Waals surface area contributed by atoms with Crippen molar-refractivity contribution in [2.24, 2.45) is 0 Å². The third-order valence-electron chi connectivity index (χ3n) is 4.97. The Balaban J connectivity index is 1.53. The van der Waals surface area contributed by atoms with Gasteiger partial charge in [0.2, 0.25) is 0 Å². The monoisotopic (exact) mass is 423 g/mol. The normalized spacial score (nSPS) is 15.7. The highest BCUT2D eigenvalue weighted by Crippen LogP contribution is 2.41. The lowest BCUT2D eigenvalue weighted by molar-refractivity contribution is 0.0940. The van der Waals surface area contributed by atoms with E-state index in [-0.39, 0.29) is 11.7 Å². The molecule has 152 valence electrons. The molecule has 0 radical (unpaired) electrons. The van der Waals surface area contributed by atoms with Crippen LogP contribution in [0.3, 0.4) is 0 Å². The molecule has 0 unspecified atom stereocenters. The molecule has 4 heterocycles. The summed E-state index contributed by atoms with van der Waals surface area (Å²) < 4.78 is 20.2. The maximum atomic E-state index is 13.2. The first-order chi connectivity index (χ1) is 14.5. The zero-order valence-corrected chi connectivity index (χ0v) is 17.1. The number of methoxy groups -OCH3 is 1. The minimum atomic E-state index is -0.450. The van der Waals surface area contributed by atoms with E-state index < -0.39 is 6.17 Å². The lowest BCUT2D eigenvalue weighted by Gasteiger charge is -2.25. The quantitative estimate of drug-likeness (QED) is 0.520. The molecular weight excluding hydrogens is 405 g/mol. The van der Waals surface area contributed by atoms with Crippen molar-refractivity contribution in [1.82, 2.24) is 20.1 Å². The summed E-state index contributed by atoms with van der Waals surface area (Å²) in [5, 5.41) is 11.7. The summed E-state index contributed by atoms with van der Waals surface area (Å²) in [5.74, 6) is -0.466. The number of hydrogen-bond donors (Lipinski definition) is 2. The molecule has 0 spiro atoms. The number of hydrogen-bond acceptors (Lipinski definition) is 6. The van der Waals surface area contributed by atoms with E-state index in [2.05, 4.69) is 20.7 Å². The Morgan fingerprint density at radius 2 is 2.07 bits per heavy atom. The van der Waals surface area contributed by atoms with Gasteiger partial charge in [0, 0.05) is 30.0 Å². The van der Waals surface area contributed by atoms with Crippen LogP contribution in [0, 0.1) is 12.7 Å². The van der Waals surface area contributed by atoms with Gasteiger partial charge in [0.25, 0.3) is 5.91 Å². The van der Waals surface area contributed by atoms with E-state index in [1.165, 1.54) is 23.5 Å². The van der Waals surface area contributed by atoms with E-state index >= 15 is 0 Å². The number of carbonyl (C=O) groups is 1. The molecule has 0 bridgehead atoms. The first-order valence-electron chi connectivity index (χ1n) is 9.33. The predicted molar refractivity (Wildman–Crippen MR) is 112 cm³/mol. The number of amides is 1.